The molecule has 2 N–H and O–H groups in total. The maximum atomic E-state index is 11.6. The Bertz CT molecular complexity index is 458. The highest BCUT2D eigenvalue weighted by atomic mass is 16.5. The number of rotatable bonds is 7. The monoisotopic (exact) mass is 267 g/mol. The van der Waals surface area contributed by atoms with Crippen LogP contribution in [0.5, 0.6) is 0 Å². The van der Waals surface area contributed by atoms with Gasteiger partial charge in [0.05, 0.1) is 24.5 Å². The van der Waals surface area contributed by atoms with Crippen molar-refractivity contribution in [2.45, 2.75) is 6.92 Å². The summed E-state index contributed by atoms with van der Waals surface area (Å²) in [7, 11) is 1.54. The molecule has 19 heavy (non-hydrogen) atoms. The lowest BCUT2D eigenvalue weighted by atomic mass is 10.1. The Morgan fingerprint density at radius 1 is 1.32 bits per heavy atom. The number of nitrogens with one attached hydrogen (secondary N) is 1. The van der Waals surface area contributed by atoms with Gasteiger partial charge in [0.25, 0.3) is 0 Å². The van der Waals surface area contributed by atoms with Crippen molar-refractivity contribution < 1.29 is 24.2 Å². The van der Waals surface area contributed by atoms with Crippen LogP contribution in [0.25, 0.3) is 0 Å². The van der Waals surface area contributed by atoms with Gasteiger partial charge in [-0.25, -0.2) is 4.79 Å². The van der Waals surface area contributed by atoms with E-state index in [-0.39, 0.29) is 17.9 Å². The van der Waals surface area contributed by atoms with Gasteiger partial charge in [0.15, 0.2) is 0 Å². The minimum Gasteiger partial charge on any atom is -0.478 e. The highest BCUT2D eigenvalue weighted by molar-refractivity contribution is 6.01. The molecule has 1 rings (SSSR count). The summed E-state index contributed by atoms with van der Waals surface area (Å²) in [5.41, 5.74) is 1.13. The van der Waals surface area contributed by atoms with Crippen LogP contribution in [0, 0.1) is 6.92 Å². The number of hydrogen-bond acceptors (Lipinski definition) is 4. The molecule has 0 heterocycles. The van der Waals surface area contributed by atoms with Gasteiger partial charge in [-0.1, -0.05) is 11.6 Å². The lowest BCUT2D eigenvalue weighted by molar-refractivity contribution is -0.121. The first-order valence-corrected chi connectivity index (χ1v) is 5.75. The van der Waals surface area contributed by atoms with Gasteiger partial charge in [0, 0.05) is 7.11 Å². The van der Waals surface area contributed by atoms with Crippen molar-refractivity contribution >= 4 is 17.6 Å². The normalized spacial score (nSPS) is 10.2. The number of carbonyl (C=O) groups is 2. The molecular weight excluding hydrogens is 250 g/mol. The maximum Gasteiger partial charge on any atom is 0.337 e. The number of anilines is 1. The minimum absolute atomic E-state index is 0.0604. The zero-order valence-corrected chi connectivity index (χ0v) is 10.9. The van der Waals surface area contributed by atoms with E-state index < -0.39 is 11.9 Å². The van der Waals surface area contributed by atoms with Gasteiger partial charge in [0.2, 0.25) is 5.91 Å². The van der Waals surface area contributed by atoms with Crippen LogP contribution >= 0.6 is 0 Å². The number of aromatic carboxylic acids is 1. The largest absolute Gasteiger partial charge is 0.478 e. The maximum absolute atomic E-state index is 11.6. The third-order valence-electron chi connectivity index (χ3n) is 2.34. The first kappa shape index (κ1) is 15.1. The molecular formula is C13H17NO5. The van der Waals surface area contributed by atoms with E-state index in [0.29, 0.717) is 13.2 Å². The van der Waals surface area contributed by atoms with Crippen LogP contribution in [0.2, 0.25) is 0 Å². The topological polar surface area (TPSA) is 84.9 Å². The average molecular weight is 267 g/mol. The number of hydrogen-bond donors (Lipinski definition) is 2. The van der Waals surface area contributed by atoms with Crippen molar-refractivity contribution in [2.75, 3.05) is 32.2 Å². The van der Waals surface area contributed by atoms with Crippen molar-refractivity contribution in [3.8, 4) is 0 Å². The van der Waals surface area contributed by atoms with Gasteiger partial charge < -0.3 is 19.9 Å². The van der Waals surface area contributed by atoms with Gasteiger partial charge in [-0.2, -0.15) is 0 Å². The summed E-state index contributed by atoms with van der Waals surface area (Å²) in [6.07, 6.45) is 0. The van der Waals surface area contributed by atoms with E-state index in [1.54, 1.807) is 19.1 Å². The van der Waals surface area contributed by atoms with Gasteiger partial charge in [0.1, 0.15) is 6.61 Å². The number of aryl methyl sites for hydroxylation is 1. The van der Waals surface area contributed by atoms with Gasteiger partial charge in [-0.05, 0) is 19.1 Å². The molecule has 104 valence electrons. The van der Waals surface area contributed by atoms with Crippen LogP contribution < -0.4 is 5.32 Å². The number of methoxy groups -OCH3 is 1. The van der Waals surface area contributed by atoms with Crippen molar-refractivity contribution in [1.82, 2.24) is 0 Å². The predicted molar refractivity (Wildman–Crippen MR) is 69.5 cm³/mol. The van der Waals surface area contributed by atoms with E-state index in [0.717, 1.165) is 5.56 Å². The van der Waals surface area contributed by atoms with Gasteiger partial charge >= 0.3 is 5.97 Å². The summed E-state index contributed by atoms with van der Waals surface area (Å²) in [6.45, 7) is 2.35. The van der Waals surface area contributed by atoms with Gasteiger partial charge in [-0.15, -0.1) is 0 Å². The Morgan fingerprint density at radius 2 is 2.05 bits per heavy atom. The third kappa shape index (κ3) is 5.07. The fourth-order valence-corrected chi connectivity index (χ4v) is 1.44. The summed E-state index contributed by atoms with van der Waals surface area (Å²) >= 11 is 0. The molecule has 0 aliphatic carbocycles. The molecule has 0 fully saturated rings. The number of carboxylic acids is 1. The summed E-state index contributed by atoms with van der Waals surface area (Å²) in [4.78, 5) is 22.6. The summed E-state index contributed by atoms with van der Waals surface area (Å²) in [6, 6.07) is 4.80. The molecule has 0 bridgehead atoms. The van der Waals surface area contributed by atoms with E-state index in [4.69, 9.17) is 14.6 Å². The first-order chi connectivity index (χ1) is 9.04. The van der Waals surface area contributed by atoms with Crippen LogP contribution in [0.4, 0.5) is 5.69 Å². The molecule has 1 aromatic carbocycles. The van der Waals surface area contributed by atoms with E-state index >= 15 is 0 Å². The van der Waals surface area contributed by atoms with E-state index in [1.807, 2.05) is 0 Å². The Kier molecular flexibility index (Phi) is 5.98. The van der Waals surface area contributed by atoms with E-state index in [1.165, 1.54) is 13.2 Å². The van der Waals surface area contributed by atoms with Crippen molar-refractivity contribution in [1.29, 1.82) is 0 Å². The van der Waals surface area contributed by atoms with Crippen LogP contribution in [0.1, 0.15) is 15.9 Å². The molecule has 0 saturated heterocycles. The number of benzene rings is 1. The molecule has 6 heteroatoms. The Balaban J connectivity index is 2.61. The summed E-state index contributed by atoms with van der Waals surface area (Å²) in [5.74, 6) is -1.48. The Labute approximate surface area is 111 Å². The molecule has 1 amide bonds. The lowest BCUT2D eigenvalue weighted by Gasteiger charge is -2.09. The quantitative estimate of drug-likeness (QED) is 0.727. The van der Waals surface area contributed by atoms with Crippen LogP contribution in [0.3, 0.4) is 0 Å². The third-order valence-corrected chi connectivity index (χ3v) is 2.34. The smallest absolute Gasteiger partial charge is 0.337 e. The van der Waals surface area contributed by atoms with Crippen LogP contribution in [-0.2, 0) is 14.3 Å². The number of amides is 1. The summed E-state index contributed by atoms with van der Waals surface area (Å²) in [5, 5.41) is 11.6. The average Bonchev–Trinajstić information content (AvgIpc) is 2.36. The lowest BCUT2D eigenvalue weighted by Crippen LogP contribution is -2.21. The zero-order valence-electron chi connectivity index (χ0n) is 10.9. The van der Waals surface area contributed by atoms with E-state index in [9.17, 15) is 9.59 Å². The second kappa shape index (κ2) is 7.50. The summed E-state index contributed by atoms with van der Waals surface area (Å²) < 4.78 is 9.82. The highest BCUT2D eigenvalue weighted by Gasteiger charge is 2.12. The molecule has 1 aromatic rings. The molecule has 0 atom stereocenters. The SMILES string of the molecule is COCCOCC(=O)Nc1ccc(C)cc1C(=O)O. The van der Waals surface area contributed by atoms with Crippen molar-refractivity contribution in [3.05, 3.63) is 29.3 Å². The number of ether oxygens (including phenoxy) is 2. The van der Waals surface area contributed by atoms with Crippen molar-refractivity contribution in [2.24, 2.45) is 0 Å². The minimum atomic E-state index is -1.08. The molecule has 6 nitrogen and oxygen atoms in total. The molecule has 0 saturated carbocycles. The van der Waals surface area contributed by atoms with Crippen molar-refractivity contribution in [3.63, 3.8) is 0 Å². The van der Waals surface area contributed by atoms with Crippen LogP contribution in [-0.4, -0.2) is 43.9 Å². The first-order valence-electron chi connectivity index (χ1n) is 5.75. The molecule has 0 aromatic heterocycles. The van der Waals surface area contributed by atoms with E-state index in [2.05, 4.69) is 5.32 Å². The highest BCUT2D eigenvalue weighted by Crippen LogP contribution is 2.17. The number of carboxylic acid groups (broad SMARTS) is 1. The Hall–Kier alpha value is -1.92. The van der Waals surface area contributed by atoms with Gasteiger partial charge in [-0.3, -0.25) is 4.79 Å². The molecule has 0 spiro atoms. The molecule has 0 aliphatic heterocycles. The predicted octanol–water partition coefficient (Wildman–Crippen LogP) is 1.29. The number of carbonyl (C=O) groups excluding carboxylic acids is 1. The Morgan fingerprint density at radius 3 is 2.68 bits per heavy atom. The zero-order chi connectivity index (χ0) is 14.3. The second-order valence-corrected chi connectivity index (χ2v) is 3.95. The fraction of sp³-hybridized carbons (Fsp3) is 0.385. The molecule has 0 unspecified atom stereocenters. The standard InChI is InChI=1S/C13H17NO5/c1-9-3-4-11(10(7-9)13(16)17)14-12(15)8-19-6-5-18-2/h3-4,7H,5-6,8H2,1-2H3,(H,14,15)(H,16,17). The molecule has 0 radical (unpaired) electrons. The van der Waals surface area contributed by atoms with Crippen LogP contribution in [0.15, 0.2) is 18.2 Å². The second-order valence-electron chi connectivity index (χ2n) is 3.95. The molecule has 0 aliphatic rings. The fourth-order valence-electron chi connectivity index (χ4n) is 1.44.